The zero-order chi connectivity index (χ0) is 15.1. The topological polar surface area (TPSA) is 6.48 Å². The molecule has 3 atom stereocenters. The highest BCUT2D eigenvalue weighted by atomic mass is 19.1. The van der Waals surface area contributed by atoms with E-state index in [1.807, 2.05) is 6.07 Å². The summed E-state index contributed by atoms with van der Waals surface area (Å²) in [4.78, 5) is 4.93. The first kappa shape index (κ1) is 14.5. The lowest BCUT2D eigenvalue weighted by Crippen LogP contribution is -2.52. The van der Waals surface area contributed by atoms with Crippen molar-refractivity contribution in [1.82, 2.24) is 4.90 Å². The fraction of sp³-hybridized carbons (Fsp3) is 0.684. The van der Waals surface area contributed by atoms with E-state index in [-0.39, 0.29) is 5.82 Å². The Morgan fingerprint density at radius 2 is 1.91 bits per heavy atom. The summed E-state index contributed by atoms with van der Waals surface area (Å²) < 4.78 is 14.3. The predicted molar refractivity (Wildman–Crippen MR) is 88.8 cm³/mol. The minimum atomic E-state index is -0.0484. The van der Waals surface area contributed by atoms with Gasteiger partial charge in [0, 0.05) is 32.2 Å². The van der Waals surface area contributed by atoms with E-state index < -0.39 is 0 Å². The molecule has 1 aliphatic heterocycles. The molecule has 2 aliphatic carbocycles. The Morgan fingerprint density at radius 3 is 2.50 bits per heavy atom. The summed E-state index contributed by atoms with van der Waals surface area (Å²) in [6.07, 6.45) is 6.70. The zero-order valence-electron chi connectivity index (χ0n) is 13.6. The molecule has 3 unspecified atom stereocenters. The third kappa shape index (κ3) is 2.54. The van der Waals surface area contributed by atoms with Crippen LogP contribution in [0.1, 0.15) is 38.2 Å². The van der Waals surface area contributed by atoms with Crippen molar-refractivity contribution in [3.63, 3.8) is 0 Å². The second kappa shape index (κ2) is 5.84. The van der Waals surface area contributed by atoms with E-state index in [1.54, 1.807) is 6.07 Å². The van der Waals surface area contributed by atoms with Crippen molar-refractivity contribution < 1.29 is 4.39 Å². The van der Waals surface area contributed by atoms with E-state index in [0.29, 0.717) is 0 Å². The van der Waals surface area contributed by atoms with Gasteiger partial charge < -0.3 is 4.90 Å². The second-order valence-corrected chi connectivity index (χ2v) is 7.40. The number of fused-ring (bicyclic) bond motifs is 2. The smallest absolute Gasteiger partial charge is 0.146 e. The SMILES string of the molecule is CCc1ccc(N2CCN(C3CC4CCC3C4)CC2)c(F)c1. The van der Waals surface area contributed by atoms with Gasteiger partial charge in [-0.1, -0.05) is 19.4 Å². The molecule has 3 fully saturated rings. The van der Waals surface area contributed by atoms with Crippen molar-refractivity contribution >= 4 is 5.69 Å². The van der Waals surface area contributed by atoms with Crippen LogP contribution in [0.15, 0.2) is 18.2 Å². The number of benzene rings is 1. The van der Waals surface area contributed by atoms with Gasteiger partial charge in [0.15, 0.2) is 0 Å². The average molecular weight is 302 g/mol. The first-order valence-electron chi connectivity index (χ1n) is 9.02. The number of anilines is 1. The lowest BCUT2D eigenvalue weighted by molar-refractivity contribution is 0.134. The number of nitrogens with zero attached hydrogens (tertiary/aromatic N) is 2. The zero-order valence-corrected chi connectivity index (χ0v) is 13.6. The van der Waals surface area contributed by atoms with E-state index >= 15 is 0 Å². The van der Waals surface area contributed by atoms with Gasteiger partial charge in [-0.25, -0.2) is 4.39 Å². The minimum absolute atomic E-state index is 0.0484. The molecule has 1 heterocycles. The third-order valence-electron chi connectivity index (χ3n) is 6.25. The largest absolute Gasteiger partial charge is 0.367 e. The van der Waals surface area contributed by atoms with Crippen molar-refractivity contribution in [2.45, 2.75) is 45.1 Å². The molecule has 0 N–H and O–H groups in total. The number of halogens is 1. The number of rotatable bonds is 3. The van der Waals surface area contributed by atoms with Crippen LogP contribution in [0.4, 0.5) is 10.1 Å². The Kier molecular flexibility index (Phi) is 3.85. The van der Waals surface area contributed by atoms with E-state index in [0.717, 1.165) is 61.7 Å². The summed E-state index contributed by atoms with van der Waals surface area (Å²) in [6.45, 7) is 6.21. The summed E-state index contributed by atoms with van der Waals surface area (Å²) in [5.41, 5.74) is 1.88. The molecule has 1 saturated heterocycles. The van der Waals surface area contributed by atoms with Crippen molar-refractivity contribution in [1.29, 1.82) is 0 Å². The predicted octanol–water partition coefficient (Wildman–Crippen LogP) is 3.70. The van der Waals surface area contributed by atoms with Gasteiger partial charge in [-0.05, 0) is 55.2 Å². The first-order chi connectivity index (χ1) is 10.7. The van der Waals surface area contributed by atoms with Crippen LogP contribution in [0.25, 0.3) is 0 Å². The monoisotopic (exact) mass is 302 g/mol. The van der Waals surface area contributed by atoms with E-state index in [4.69, 9.17) is 0 Å². The summed E-state index contributed by atoms with van der Waals surface area (Å²) in [5, 5.41) is 0. The van der Waals surface area contributed by atoms with Gasteiger partial charge in [-0.3, -0.25) is 4.90 Å². The average Bonchev–Trinajstić information content (AvgIpc) is 3.18. The number of aryl methyl sites for hydroxylation is 1. The van der Waals surface area contributed by atoms with Gasteiger partial charge in [-0.15, -0.1) is 0 Å². The maximum absolute atomic E-state index is 14.3. The minimum Gasteiger partial charge on any atom is -0.367 e. The van der Waals surface area contributed by atoms with Gasteiger partial charge in [-0.2, -0.15) is 0 Å². The van der Waals surface area contributed by atoms with Gasteiger partial charge >= 0.3 is 0 Å². The molecule has 2 nitrogen and oxygen atoms in total. The molecule has 1 aromatic rings. The van der Waals surface area contributed by atoms with Crippen molar-refractivity contribution in [2.24, 2.45) is 11.8 Å². The number of piperazine rings is 1. The normalized spacial score (nSPS) is 31.9. The lowest BCUT2D eigenvalue weighted by atomic mass is 9.93. The highest BCUT2D eigenvalue weighted by Crippen LogP contribution is 2.46. The van der Waals surface area contributed by atoms with Crippen LogP contribution in [0.3, 0.4) is 0 Å². The summed E-state index contributed by atoms with van der Waals surface area (Å²) in [7, 11) is 0. The van der Waals surface area contributed by atoms with Gasteiger partial charge in [0.1, 0.15) is 5.82 Å². The van der Waals surface area contributed by atoms with Crippen LogP contribution in [-0.4, -0.2) is 37.1 Å². The third-order valence-corrected chi connectivity index (χ3v) is 6.25. The quantitative estimate of drug-likeness (QED) is 0.840. The summed E-state index contributed by atoms with van der Waals surface area (Å²) in [6, 6.07) is 6.58. The van der Waals surface area contributed by atoms with Crippen molar-refractivity contribution in [3.05, 3.63) is 29.6 Å². The lowest BCUT2D eigenvalue weighted by Gasteiger charge is -2.41. The Bertz CT molecular complexity index is 536. The van der Waals surface area contributed by atoms with Crippen LogP contribution in [0.5, 0.6) is 0 Å². The first-order valence-corrected chi connectivity index (χ1v) is 9.02. The molecule has 1 aromatic carbocycles. The van der Waals surface area contributed by atoms with E-state index in [9.17, 15) is 4.39 Å². The van der Waals surface area contributed by atoms with Gasteiger partial charge in [0.25, 0.3) is 0 Å². The maximum atomic E-state index is 14.3. The highest BCUT2D eigenvalue weighted by Gasteiger charge is 2.42. The highest BCUT2D eigenvalue weighted by molar-refractivity contribution is 5.49. The second-order valence-electron chi connectivity index (χ2n) is 7.40. The van der Waals surface area contributed by atoms with Crippen LogP contribution >= 0.6 is 0 Å². The van der Waals surface area contributed by atoms with Gasteiger partial charge in [0.2, 0.25) is 0 Å². The summed E-state index contributed by atoms with van der Waals surface area (Å²) in [5.74, 6) is 1.91. The molecule has 2 bridgehead atoms. The Morgan fingerprint density at radius 1 is 1.09 bits per heavy atom. The Balaban J connectivity index is 1.39. The molecule has 120 valence electrons. The van der Waals surface area contributed by atoms with Crippen molar-refractivity contribution in [3.8, 4) is 0 Å². The van der Waals surface area contributed by atoms with Crippen LogP contribution in [-0.2, 0) is 6.42 Å². The Labute approximate surface area is 133 Å². The molecule has 4 rings (SSSR count). The number of hydrogen-bond acceptors (Lipinski definition) is 2. The molecule has 0 amide bonds. The molecule has 2 saturated carbocycles. The molecule has 3 heteroatoms. The number of hydrogen-bond donors (Lipinski definition) is 0. The molecule has 0 spiro atoms. The van der Waals surface area contributed by atoms with Crippen molar-refractivity contribution in [2.75, 3.05) is 31.1 Å². The summed E-state index contributed by atoms with van der Waals surface area (Å²) >= 11 is 0. The van der Waals surface area contributed by atoms with E-state index in [1.165, 1.54) is 25.7 Å². The Hall–Kier alpha value is -1.09. The molecule has 0 radical (unpaired) electrons. The molecule has 3 aliphatic rings. The van der Waals surface area contributed by atoms with Crippen LogP contribution in [0.2, 0.25) is 0 Å². The van der Waals surface area contributed by atoms with Crippen LogP contribution < -0.4 is 4.90 Å². The standard InChI is InChI=1S/C19H27FN2/c1-2-14-4-6-18(17(20)12-14)21-7-9-22(10-8-21)19-13-15-3-5-16(19)11-15/h4,6,12,15-16,19H,2-3,5,7-11,13H2,1H3. The van der Waals surface area contributed by atoms with Crippen LogP contribution in [0, 0.1) is 17.7 Å². The van der Waals surface area contributed by atoms with E-state index in [2.05, 4.69) is 22.8 Å². The fourth-order valence-electron chi connectivity index (χ4n) is 4.98. The molecule has 22 heavy (non-hydrogen) atoms. The molecule has 0 aromatic heterocycles. The molecular formula is C19H27FN2. The fourth-order valence-corrected chi connectivity index (χ4v) is 4.98. The maximum Gasteiger partial charge on any atom is 0.146 e. The molecular weight excluding hydrogens is 275 g/mol. The van der Waals surface area contributed by atoms with Gasteiger partial charge in [0.05, 0.1) is 5.69 Å².